The van der Waals surface area contributed by atoms with Gasteiger partial charge in [-0.25, -0.2) is 4.79 Å². The number of amides is 2. The summed E-state index contributed by atoms with van der Waals surface area (Å²) in [6.45, 7) is 3.02. The smallest absolute Gasteiger partial charge is 0.321 e. The SMILES string of the molecule is COc1ccc(Cl)cc1NC(=O)N1CCCC(C(C)O)C1. The average Bonchev–Trinajstić information content (AvgIpc) is 2.47. The van der Waals surface area contributed by atoms with E-state index in [1.807, 2.05) is 0 Å². The predicted octanol–water partition coefficient (Wildman–Crippen LogP) is 2.97. The summed E-state index contributed by atoms with van der Waals surface area (Å²) >= 11 is 5.95. The van der Waals surface area contributed by atoms with Crippen molar-refractivity contribution in [3.63, 3.8) is 0 Å². The third-order valence-electron chi connectivity index (χ3n) is 3.83. The zero-order chi connectivity index (χ0) is 15.4. The lowest BCUT2D eigenvalue weighted by Gasteiger charge is -2.34. The molecule has 2 unspecified atom stereocenters. The highest BCUT2D eigenvalue weighted by Crippen LogP contribution is 2.28. The topological polar surface area (TPSA) is 61.8 Å². The Morgan fingerprint density at radius 1 is 1.57 bits per heavy atom. The number of nitrogens with one attached hydrogen (secondary N) is 1. The number of ether oxygens (including phenoxy) is 1. The van der Waals surface area contributed by atoms with Gasteiger partial charge in [-0.2, -0.15) is 0 Å². The van der Waals surface area contributed by atoms with Crippen molar-refractivity contribution in [1.82, 2.24) is 4.90 Å². The summed E-state index contributed by atoms with van der Waals surface area (Å²) in [6.07, 6.45) is 1.44. The highest BCUT2D eigenvalue weighted by Gasteiger charge is 2.26. The number of benzene rings is 1. The van der Waals surface area contributed by atoms with Gasteiger partial charge >= 0.3 is 6.03 Å². The maximum absolute atomic E-state index is 12.3. The molecule has 6 heteroatoms. The molecular formula is C15H21ClN2O3. The van der Waals surface area contributed by atoms with Crippen LogP contribution < -0.4 is 10.1 Å². The van der Waals surface area contributed by atoms with Crippen molar-refractivity contribution in [2.45, 2.75) is 25.9 Å². The van der Waals surface area contributed by atoms with E-state index in [9.17, 15) is 9.90 Å². The number of carbonyl (C=O) groups is 1. The number of carbonyl (C=O) groups excluding carboxylic acids is 1. The monoisotopic (exact) mass is 312 g/mol. The molecule has 1 saturated heterocycles. The Morgan fingerprint density at radius 3 is 3.00 bits per heavy atom. The van der Waals surface area contributed by atoms with Crippen LogP contribution in [0.2, 0.25) is 5.02 Å². The van der Waals surface area contributed by atoms with Gasteiger partial charge in [0.05, 0.1) is 18.9 Å². The molecule has 2 atom stereocenters. The van der Waals surface area contributed by atoms with E-state index in [1.54, 1.807) is 37.1 Å². The fourth-order valence-corrected chi connectivity index (χ4v) is 2.73. The largest absolute Gasteiger partial charge is 0.495 e. The number of aliphatic hydroxyl groups is 1. The Hall–Kier alpha value is -1.46. The highest BCUT2D eigenvalue weighted by atomic mass is 35.5. The lowest BCUT2D eigenvalue weighted by atomic mass is 9.94. The van der Waals surface area contributed by atoms with Crippen LogP contribution >= 0.6 is 11.6 Å². The molecule has 2 amide bonds. The molecule has 0 radical (unpaired) electrons. The number of halogens is 1. The lowest BCUT2D eigenvalue weighted by Crippen LogP contribution is -2.44. The van der Waals surface area contributed by atoms with Crippen LogP contribution in [-0.2, 0) is 0 Å². The van der Waals surface area contributed by atoms with E-state index in [1.165, 1.54) is 0 Å². The van der Waals surface area contributed by atoms with Gasteiger partial charge in [0.25, 0.3) is 0 Å². The minimum atomic E-state index is -0.402. The fraction of sp³-hybridized carbons (Fsp3) is 0.533. The molecule has 21 heavy (non-hydrogen) atoms. The summed E-state index contributed by atoms with van der Waals surface area (Å²) in [4.78, 5) is 14.1. The average molecular weight is 313 g/mol. The zero-order valence-electron chi connectivity index (χ0n) is 12.3. The quantitative estimate of drug-likeness (QED) is 0.902. The van der Waals surface area contributed by atoms with Gasteiger partial charge in [-0.1, -0.05) is 11.6 Å². The normalized spacial score (nSPS) is 20.0. The Labute approximate surface area is 129 Å². The summed E-state index contributed by atoms with van der Waals surface area (Å²) in [5.74, 6) is 0.697. The van der Waals surface area contributed by atoms with Crippen LogP contribution in [0.4, 0.5) is 10.5 Å². The molecule has 1 aliphatic rings. The van der Waals surface area contributed by atoms with Crippen LogP contribution in [0.3, 0.4) is 0 Å². The number of likely N-dealkylation sites (tertiary alicyclic amines) is 1. The van der Waals surface area contributed by atoms with Gasteiger partial charge in [-0.15, -0.1) is 0 Å². The van der Waals surface area contributed by atoms with Crippen molar-refractivity contribution < 1.29 is 14.6 Å². The van der Waals surface area contributed by atoms with Gasteiger partial charge in [0.15, 0.2) is 0 Å². The number of methoxy groups -OCH3 is 1. The minimum absolute atomic E-state index is 0.130. The molecule has 1 fully saturated rings. The molecule has 116 valence electrons. The summed E-state index contributed by atoms with van der Waals surface area (Å²) in [6, 6.07) is 4.89. The maximum atomic E-state index is 12.3. The first-order valence-electron chi connectivity index (χ1n) is 7.08. The van der Waals surface area contributed by atoms with E-state index in [0.717, 1.165) is 12.8 Å². The van der Waals surface area contributed by atoms with Crippen LogP contribution in [0.25, 0.3) is 0 Å². The molecule has 0 aliphatic carbocycles. The van der Waals surface area contributed by atoms with Gasteiger partial charge in [-0.3, -0.25) is 0 Å². The van der Waals surface area contributed by atoms with E-state index in [4.69, 9.17) is 16.3 Å². The summed E-state index contributed by atoms with van der Waals surface area (Å²) in [5.41, 5.74) is 0.550. The van der Waals surface area contributed by atoms with Crippen molar-refractivity contribution in [2.24, 2.45) is 5.92 Å². The summed E-state index contributed by atoms with van der Waals surface area (Å²) < 4.78 is 5.22. The summed E-state index contributed by atoms with van der Waals surface area (Å²) in [7, 11) is 1.54. The second-order valence-corrected chi connectivity index (χ2v) is 5.80. The van der Waals surface area contributed by atoms with Crippen molar-refractivity contribution >= 4 is 23.3 Å². The van der Waals surface area contributed by atoms with Crippen molar-refractivity contribution in [1.29, 1.82) is 0 Å². The molecule has 0 aromatic heterocycles. The molecule has 2 N–H and O–H groups in total. The second-order valence-electron chi connectivity index (χ2n) is 5.36. The molecule has 1 heterocycles. The van der Waals surface area contributed by atoms with Crippen LogP contribution in [-0.4, -0.2) is 42.3 Å². The van der Waals surface area contributed by atoms with Crippen LogP contribution in [0.15, 0.2) is 18.2 Å². The molecule has 5 nitrogen and oxygen atoms in total. The molecular weight excluding hydrogens is 292 g/mol. The first-order valence-corrected chi connectivity index (χ1v) is 7.46. The number of rotatable bonds is 3. The standard InChI is InChI=1S/C15H21ClN2O3/c1-10(19)11-4-3-7-18(9-11)15(20)17-13-8-12(16)5-6-14(13)21-2/h5-6,8,10-11,19H,3-4,7,9H2,1-2H3,(H,17,20). The Kier molecular flexibility index (Phi) is 5.31. The van der Waals surface area contributed by atoms with Gasteiger partial charge in [-0.05, 0) is 38.0 Å². The Balaban J connectivity index is 2.06. The third-order valence-corrected chi connectivity index (χ3v) is 4.07. The predicted molar refractivity (Wildman–Crippen MR) is 83.0 cm³/mol. The number of urea groups is 1. The molecule has 1 aromatic carbocycles. The number of aliphatic hydroxyl groups excluding tert-OH is 1. The number of hydrogen-bond donors (Lipinski definition) is 2. The number of piperidine rings is 1. The van der Waals surface area contributed by atoms with E-state index in [-0.39, 0.29) is 11.9 Å². The van der Waals surface area contributed by atoms with E-state index in [2.05, 4.69) is 5.32 Å². The van der Waals surface area contributed by atoms with Gasteiger partial charge < -0.3 is 20.1 Å². The highest BCUT2D eigenvalue weighted by molar-refractivity contribution is 6.31. The molecule has 1 aliphatic heterocycles. The molecule has 0 bridgehead atoms. The van der Waals surface area contributed by atoms with Gasteiger partial charge in [0, 0.05) is 24.0 Å². The van der Waals surface area contributed by atoms with E-state index >= 15 is 0 Å². The van der Waals surface area contributed by atoms with Gasteiger partial charge in [0.1, 0.15) is 5.75 Å². The molecule has 0 saturated carbocycles. The van der Waals surface area contributed by atoms with Crippen molar-refractivity contribution in [3.05, 3.63) is 23.2 Å². The first kappa shape index (κ1) is 15.9. The van der Waals surface area contributed by atoms with E-state index < -0.39 is 6.10 Å². The third kappa shape index (κ3) is 4.02. The molecule has 2 rings (SSSR count). The minimum Gasteiger partial charge on any atom is -0.495 e. The molecule has 0 spiro atoms. The van der Waals surface area contributed by atoms with Crippen molar-refractivity contribution in [2.75, 3.05) is 25.5 Å². The van der Waals surface area contributed by atoms with Crippen LogP contribution in [0.1, 0.15) is 19.8 Å². The Bertz CT molecular complexity index is 508. The van der Waals surface area contributed by atoms with Crippen molar-refractivity contribution in [3.8, 4) is 5.75 Å². The van der Waals surface area contributed by atoms with Crippen LogP contribution in [0, 0.1) is 5.92 Å². The number of nitrogens with zero attached hydrogens (tertiary/aromatic N) is 1. The first-order chi connectivity index (χ1) is 10.0. The second kappa shape index (κ2) is 7.00. The lowest BCUT2D eigenvalue weighted by molar-refractivity contribution is 0.0766. The summed E-state index contributed by atoms with van der Waals surface area (Å²) in [5, 5.41) is 13.1. The number of anilines is 1. The van der Waals surface area contributed by atoms with Crippen LogP contribution in [0.5, 0.6) is 5.75 Å². The Morgan fingerprint density at radius 2 is 2.33 bits per heavy atom. The van der Waals surface area contributed by atoms with E-state index in [0.29, 0.717) is 29.5 Å². The fourth-order valence-electron chi connectivity index (χ4n) is 2.56. The van der Waals surface area contributed by atoms with Gasteiger partial charge in [0.2, 0.25) is 0 Å². The zero-order valence-corrected chi connectivity index (χ0v) is 13.1. The maximum Gasteiger partial charge on any atom is 0.321 e. The molecule has 1 aromatic rings. The number of hydrogen-bond acceptors (Lipinski definition) is 3.